The average Bonchev–Trinajstić information content (AvgIpc) is 2.19. The molecular formula is C9H9Cl2NO2. The van der Waals surface area contributed by atoms with Crippen molar-refractivity contribution < 1.29 is 9.53 Å². The zero-order chi connectivity index (χ0) is 10.9. The number of anilines is 1. The van der Waals surface area contributed by atoms with Gasteiger partial charge >= 0.3 is 5.97 Å². The molecule has 14 heavy (non-hydrogen) atoms. The number of aryl methyl sites for hydroxylation is 1. The van der Waals surface area contributed by atoms with Crippen LogP contribution in [-0.2, 0) is 4.74 Å². The summed E-state index contributed by atoms with van der Waals surface area (Å²) < 4.78 is 4.55. The minimum absolute atomic E-state index is 0.147. The Labute approximate surface area is 91.7 Å². The number of hydrogen-bond donors (Lipinski definition) is 1. The van der Waals surface area contributed by atoms with Gasteiger partial charge in [-0.25, -0.2) is 4.79 Å². The van der Waals surface area contributed by atoms with E-state index >= 15 is 0 Å². The van der Waals surface area contributed by atoms with Gasteiger partial charge in [0.25, 0.3) is 0 Å². The molecule has 0 aliphatic heterocycles. The lowest BCUT2D eigenvalue weighted by Gasteiger charge is -2.09. The maximum Gasteiger partial charge on any atom is 0.340 e. The number of nitrogens with two attached hydrogens (primary N) is 1. The first-order valence-corrected chi connectivity index (χ1v) is 4.57. The topological polar surface area (TPSA) is 52.3 Å². The van der Waals surface area contributed by atoms with Gasteiger partial charge in [-0.1, -0.05) is 23.2 Å². The van der Waals surface area contributed by atoms with Gasteiger partial charge in [0.15, 0.2) is 0 Å². The molecule has 0 bridgehead atoms. The number of hydrogen-bond acceptors (Lipinski definition) is 3. The zero-order valence-electron chi connectivity index (χ0n) is 7.73. The second-order valence-corrected chi connectivity index (χ2v) is 3.53. The SMILES string of the molecule is COC(=O)c1cc(C)c(Cl)c(Cl)c1N. The summed E-state index contributed by atoms with van der Waals surface area (Å²) >= 11 is 11.7. The predicted molar refractivity (Wildman–Crippen MR) is 57.0 cm³/mol. The summed E-state index contributed by atoms with van der Waals surface area (Å²) in [6, 6.07) is 1.55. The maximum absolute atomic E-state index is 11.2. The molecule has 5 heteroatoms. The van der Waals surface area contributed by atoms with Crippen molar-refractivity contribution in [1.82, 2.24) is 0 Å². The Hall–Kier alpha value is -0.930. The molecule has 0 spiro atoms. The fraction of sp³-hybridized carbons (Fsp3) is 0.222. The normalized spacial score (nSPS) is 10.0. The number of benzene rings is 1. The third kappa shape index (κ3) is 1.79. The Morgan fingerprint density at radius 2 is 2.00 bits per heavy atom. The van der Waals surface area contributed by atoms with E-state index in [-0.39, 0.29) is 16.3 Å². The first-order chi connectivity index (χ1) is 6.49. The van der Waals surface area contributed by atoms with Gasteiger partial charge in [0, 0.05) is 0 Å². The number of carbonyl (C=O) groups excluding carboxylic acids is 1. The summed E-state index contributed by atoms with van der Waals surface area (Å²) in [6.07, 6.45) is 0. The number of ether oxygens (including phenoxy) is 1. The molecule has 0 saturated heterocycles. The van der Waals surface area contributed by atoms with Gasteiger partial charge in [-0.2, -0.15) is 0 Å². The fourth-order valence-electron chi connectivity index (χ4n) is 1.05. The highest BCUT2D eigenvalue weighted by molar-refractivity contribution is 6.44. The summed E-state index contributed by atoms with van der Waals surface area (Å²) in [6.45, 7) is 1.74. The maximum atomic E-state index is 11.2. The van der Waals surface area contributed by atoms with Crippen molar-refractivity contribution in [2.45, 2.75) is 6.92 Å². The molecule has 0 aliphatic rings. The molecule has 0 fully saturated rings. The number of methoxy groups -OCH3 is 1. The lowest BCUT2D eigenvalue weighted by molar-refractivity contribution is 0.0602. The van der Waals surface area contributed by atoms with Crippen LogP contribution < -0.4 is 5.73 Å². The molecule has 1 aromatic carbocycles. The van der Waals surface area contributed by atoms with Crippen molar-refractivity contribution in [3.05, 3.63) is 27.2 Å². The summed E-state index contributed by atoms with van der Waals surface area (Å²) in [5.41, 5.74) is 6.68. The highest BCUT2D eigenvalue weighted by Gasteiger charge is 2.16. The lowest BCUT2D eigenvalue weighted by atomic mass is 10.1. The molecule has 0 heterocycles. The van der Waals surface area contributed by atoms with E-state index in [1.54, 1.807) is 13.0 Å². The van der Waals surface area contributed by atoms with Crippen LogP contribution in [0.2, 0.25) is 10.0 Å². The van der Waals surface area contributed by atoms with Crippen molar-refractivity contribution >= 4 is 34.9 Å². The first-order valence-electron chi connectivity index (χ1n) is 3.81. The molecule has 1 rings (SSSR count). The van der Waals surface area contributed by atoms with Crippen LogP contribution >= 0.6 is 23.2 Å². The minimum atomic E-state index is -0.524. The van der Waals surface area contributed by atoms with Crippen LogP contribution in [0, 0.1) is 6.92 Å². The van der Waals surface area contributed by atoms with Crippen molar-refractivity contribution in [1.29, 1.82) is 0 Å². The van der Waals surface area contributed by atoms with E-state index in [1.165, 1.54) is 7.11 Å². The first kappa shape index (κ1) is 11.1. The van der Waals surface area contributed by atoms with Gasteiger partial charge in [0.1, 0.15) is 0 Å². The quantitative estimate of drug-likeness (QED) is 0.600. The molecule has 0 aliphatic carbocycles. The number of esters is 1. The van der Waals surface area contributed by atoms with E-state index in [0.29, 0.717) is 10.6 Å². The zero-order valence-corrected chi connectivity index (χ0v) is 9.24. The molecule has 0 atom stereocenters. The van der Waals surface area contributed by atoms with Crippen LogP contribution in [0.1, 0.15) is 15.9 Å². The lowest BCUT2D eigenvalue weighted by Crippen LogP contribution is -2.07. The molecule has 0 aromatic heterocycles. The molecule has 0 radical (unpaired) electrons. The Kier molecular flexibility index (Phi) is 3.24. The molecule has 76 valence electrons. The summed E-state index contributed by atoms with van der Waals surface area (Å²) in [5, 5.41) is 0.545. The third-order valence-electron chi connectivity index (χ3n) is 1.83. The van der Waals surface area contributed by atoms with Crippen LogP contribution in [-0.4, -0.2) is 13.1 Å². The second-order valence-electron chi connectivity index (χ2n) is 2.77. The number of nitrogen functional groups attached to an aromatic ring is 1. The number of carbonyl (C=O) groups is 1. The summed E-state index contributed by atoms with van der Waals surface area (Å²) in [7, 11) is 1.28. The number of rotatable bonds is 1. The predicted octanol–water partition coefficient (Wildman–Crippen LogP) is 2.67. The summed E-state index contributed by atoms with van der Waals surface area (Å²) in [4.78, 5) is 11.2. The standard InChI is InChI=1S/C9H9Cl2NO2/c1-4-3-5(9(13)14-2)8(12)7(11)6(4)10/h3H,12H2,1-2H3. The number of halogens is 2. The fourth-order valence-corrected chi connectivity index (χ4v) is 1.45. The minimum Gasteiger partial charge on any atom is -0.465 e. The van der Waals surface area contributed by atoms with Gasteiger partial charge in [-0.3, -0.25) is 0 Å². The largest absolute Gasteiger partial charge is 0.465 e. The van der Waals surface area contributed by atoms with Gasteiger partial charge in [-0.15, -0.1) is 0 Å². The average molecular weight is 234 g/mol. The van der Waals surface area contributed by atoms with E-state index < -0.39 is 5.97 Å². The molecule has 0 amide bonds. The molecule has 3 nitrogen and oxygen atoms in total. The second kappa shape index (κ2) is 4.07. The van der Waals surface area contributed by atoms with E-state index in [4.69, 9.17) is 28.9 Å². The van der Waals surface area contributed by atoms with E-state index in [2.05, 4.69) is 4.74 Å². The van der Waals surface area contributed by atoms with Gasteiger partial charge in [0.05, 0.1) is 28.4 Å². The smallest absolute Gasteiger partial charge is 0.340 e. The Bertz CT molecular complexity index is 391. The van der Waals surface area contributed by atoms with Crippen LogP contribution in [0.4, 0.5) is 5.69 Å². The van der Waals surface area contributed by atoms with Crippen LogP contribution in [0.5, 0.6) is 0 Å². The van der Waals surface area contributed by atoms with Crippen molar-refractivity contribution in [2.75, 3.05) is 12.8 Å². The van der Waals surface area contributed by atoms with E-state index in [1.807, 2.05) is 0 Å². The molecule has 0 saturated carbocycles. The van der Waals surface area contributed by atoms with E-state index in [0.717, 1.165) is 0 Å². The van der Waals surface area contributed by atoms with E-state index in [9.17, 15) is 4.79 Å². The monoisotopic (exact) mass is 233 g/mol. The molecule has 0 unspecified atom stereocenters. The van der Waals surface area contributed by atoms with Crippen molar-refractivity contribution in [3.63, 3.8) is 0 Å². The van der Waals surface area contributed by atoms with Crippen LogP contribution in [0.25, 0.3) is 0 Å². The highest BCUT2D eigenvalue weighted by Crippen LogP contribution is 2.33. The van der Waals surface area contributed by atoms with Gasteiger partial charge < -0.3 is 10.5 Å². The highest BCUT2D eigenvalue weighted by atomic mass is 35.5. The third-order valence-corrected chi connectivity index (χ3v) is 2.81. The Morgan fingerprint density at radius 3 is 2.50 bits per heavy atom. The van der Waals surface area contributed by atoms with Crippen LogP contribution in [0.15, 0.2) is 6.07 Å². The van der Waals surface area contributed by atoms with Gasteiger partial charge in [0.2, 0.25) is 0 Å². The Morgan fingerprint density at radius 1 is 1.43 bits per heavy atom. The van der Waals surface area contributed by atoms with Gasteiger partial charge in [-0.05, 0) is 18.6 Å². The van der Waals surface area contributed by atoms with Crippen molar-refractivity contribution in [2.24, 2.45) is 0 Å². The van der Waals surface area contributed by atoms with Crippen LogP contribution in [0.3, 0.4) is 0 Å². The molecular weight excluding hydrogens is 225 g/mol. The Balaban J connectivity index is 3.40. The molecule has 2 N–H and O–H groups in total. The summed E-state index contributed by atoms with van der Waals surface area (Å²) in [5.74, 6) is -0.524. The van der Waals surface area contributed by atoms with Crippen molar-refractivity contribution in [3.8, 4) is 0 Å². The molecule has 1 aromatic rings.